The smallest absolute Gasteiger partial charge is 0.319 e. The molecule has 2 aromatic carbocycles. The Morgan fingerprint density at radius 1 is 1.15 bits per heavy atom. The van der Waals surface area contributed by atoms with Crippen molar-refractivity contribution in [2.24, 2.45) is 0 Å². The first-order valence-corrected chi connectivity index (χ1v) is 12.0. The predicted molar refractivity (Wildman–Crippen MR) is 127 cm³/mol. The van der Waals surface area contributed by atoms with E-state index in [1.165, 1.54) is 18.2 Å². The van der Waals surface area contributed by atoms with Gasteiger partial charge in [-0.3, -0.25) is 10.1 Å². The van der Waals surface area contributed by atoms with E-state index in [0.29, 0.717) is 12.2 Å². The SMILES string of the molecule is CC(C)c1nccn1Cc1cccc(NC(=O)NCCNS(=O)(=O)c2cccc([N+](=O)[O-])c2)c1. The van der Waals surface area contributed by atoms with E-state index in [2.05, 4.69) is 38.8 Å². The summed E-state index contributed by atoms with van der Waals surface area (Å²) in [4.78, 5) is 26.5. The molecule has 1 heterocycles. The second-order valence-electron chi connectivity index (χ2n) is 7.80. The largest absolute Gasteiger partial charge is 0.337 e. The summed E-state index contributed by atoms with van der Waals surface area (Å²) in [6.07, 6.45) is 3.68. The first-order chi connectivity index (χ1) is 16.2. The number of nitrogens with one attached hydrogen (secondary N) is 3. The Bertz CT molecular complexity index is 1270. The van der Waals surface area contributed by atoms with Crippen LogP contribution < -0.4 is 15.4 Å². The minimum Gasteiger partial charge on any atom is -0.337 e. The lowest BCUT2D eigenvalue weighted by atomic mass is 10.1. The van der Waals surface area contributed by atoms with Crippen molar-refractivity contribution in [2.75, 3.05) is 18.4 Å². The second-order valence-corrected chi connectivity index (χ2v) is 9.57. The molecule has 34 heavy (non-hydrogen) atoms. The maximum absolute atomic E-state index is 12.3. The molecule has 2 amide bonds. The monoisotopic (exact) mass is 486 g/mol. The summed E-state index contributed by atoms with van der Waals surface area (Å²) < 4.78 is 29.0. The summed E-state index contributed by atoms with van der Waals surface area (Å²) in [6.45, 7) is 4.70. The third kappa shape index (κ3) is 6.62. The number of hydrogen-bond acceptors (Lipinski definition) is 6. The van der Waals surface area contributed by atoms with Gasteiger partial charge in [0.05, 0.1) is 9.82 Å². The molecule has 0 aliphatic carbocycles. The maximum Gasteiger partial charge on any atom is 0.319 e. The average molecular weight is 487 g/mol. The highest BCUT2D eigenvalue weighted by Crippen LogP contribution is 2.18. The van der Waals surface area contributed by atoms with Gasteiger partial charge in [-0.25, -0.2) is 22.9 Å². The number of nitrogens with zero attached hydrogens (tertiary/aromatic N) is 3. The van der Waals surface area contributed by atoms with Crippen LogP contribution in [0.2, 0.25) is 0 Å². The number of amides is 2. The van der Waals surface area contributed by atoms with Crippen molar-refractivity contribution in [1.82, 2.24) is 19.6 Å². The summed E-state index contributed by atoms with van der Waals surface area (Å²) in [5, 5.41) is 16.1. The van der Waals surface area contributed by atoms with Crippen LogP contribution in [0.4, 0.5) is 16.2 Å². The van der Waals surface area contributed by atoms with E-state index in [1.54, 1.807) is 12.3 Å². The van der Waals surface area contributed by atoms with Crippen LogP contribution in [-0.4, -0.2) is 42.0 Å². The van der Waals surface area contributed by atoms with Crippen LogP contribution in [0.25, 0.3) is 0 Å². The molecule has 3 rings (SSSR count). The number of sulfonamides is 1. The molecule has 0 saturated carbocycles. The molecular weight excluding hydrogens is 460 g/mol. The van der Waals surface area contributed by atoms with E-state index in [1.807, 2.05) is 24.4 Å². The third-order valence-corrected chi connectivity index (χ3v) is 6.30. The summed E-state index contributed by atoms with van der Waals surface area (Å²) >= 11 is 0. The Morgan fingerprint density at radius 3 is 2.65 bits per heavy atom. The molecule has 0 atom stereocenters. The van der Waals surface area contributed by atoms with Crippen LogP contribution in [0, 0.1) is 10.1 Å². The number of carbonyl (C=O) groups is 1. The zero-order chi connectivity index (χ0) is 24.7. The van der Waals surface area contributed by atoms with Crippen LogP contribution in [-0.2, 0) is 16.6 Å². The van der Waals surface area contributed by atoms with Gasteiger partial charge in [-0.2, -0.15) is 0 Å². The minimum atomic E-state index is -3.95. The molecule has 180 valence electrons. The maximum atomic E-state index is 12.3. The molecule has 1 aromatic heterocycles. The number of urea groups is 1. The average Bonchev–Trinajstić information content (AvgIpc) is 3.25. The van der Waals surface area contributed by atoms with Gasteiger partial charge < -0.3 is 15.2 Å². The van der Waals surface area contributed by atoms with Gasteiger partial charge in [-0.05, 0) is 23.8 Å². The molecular formula is C22H26N6O5S. The van der Waals surface area contributed by atoms with Gasteiger partial charge >= 0.3 is 6.03 Å². The second kappa shape index (κ2) is 10.9. The van der Waals surface area contributed by atoms with Gasteiger partial charge in [0.1, 0.15) is 5.82 Å². The molecule has 3 aromatic rings. The Morgan fingerprint density at radius 2 is 1.91 bits per heavy atom. The van der Waals surface area contributed by atoms with Gasteiger partial charge in [-0.1, -0.05) is 32.0 Å². The predicted octanol–water partition coefficient (Wildman–Crippen LogP) is 3.06. The lowest BCUT2D eigenvalue weighted by molar-refractivity contribution is -0.385. The number of nitro benzene ring substituents is 1. The lowest BCUT2D eigenvalue weighted by Crippen LogP contribution is -2.36. The van der Waals surface area contributed by atoms with E-state index in [0.717, 1.165) is 17.5 Å². The number of non-ortho nitro benzene ring substituents is 1. The molecule has 0 fully saturated rings. The highest BCUT2D eigenvalue weighted by Gasteiger charge is 2.17. The fourth-order valence-corrected chi connectivity index (χ4v) is 4.35. The summed E-state index contributed by atoms with van der Waals surface area (Å²) in [5.41, 5.74) is 1.26. The number of rotatable bonds is 10. The number of benzene rings is 2. The number of aromatic nitrogens is 2. The number of imidazole rings is 1. The van der Waals surface area contributed by atoms with Gasteiger partial charge in [0.25, 0.3) is 5.69 Å². The fraction of sp³-hybridized carbons (Fsp3) is 0.273. The van der Waals surface area contributed by atoms with Crippen molar-refractivity contribution in [2.45, 2.75) is 31.2 Å². The first kappa shape index (κ1) is 24.9. The Labute approximate surface area is 197 Å². The topological polar surface area (TPSA) is 148 Å². The molecule has 3 N–H and O–H groups in total. The Hall–Kier alpha value is -3.77. The lowest BCUT2D eigenvalue weighted by Gasteiger charge is -2.12. The molecule has 0 spiro atoms. The first-order valence-electron chi connectivity index (χ1n) is 10.5. The summed E-state index contributed by atoms with van der Waals surface area (Å²) in [7, 11) is -3.95. The van der Waals surface area contributed by atoms with Gasteiger partial charge in [0.15, 0.2) is 0 Å². The van der Waals surface area contributed by atoms with Crippen LogP contribution in [0.3, 0.4) is 0 Å². The number of hydrogen-bond donors (Lipinski definition) is 3. The zero-order valence-electron chi connectivity index (χ0n) is 18.8. The fourth-order valence-electron chi connectivity index (χ4n) is 3.28. The molecule has 0 bridgehead atoms. The van der Waals surface area contributed by atoms with Crippen molar-refractivity contribution < 1.29 is 18.1 Å². The van der Waals surface area contributed by atoms with Crippen molar-refractivity contribution in [1.29, 1.82) is 0 Å². The molecule has 0 aliphatic rings. The van der Waals surface area contributed by atoms with E-state index in [9.17, 15) is 23.3 Å². The number of anilines is 1. The molecule has 12 heteroatoms. The molecule has 0 saturated heterocycles. The van der Waals surface area contributed by atoms with Crippen molar-refractivity contribution in [3.05, 3.63) is 82.4 Å². The number of nitro groups is 1. The Balaban J connectivity index is 1.50. The van der Waals surface area contributed by atoms with Gasteiger partial charge in [0, 0.05) is 55.8 Å². The molecule has 0 aliphatic heterocycles. The van der Waals surface area contributed by atoms with E-state index in [4.69, 9.17) is 0 Å². The summed E-state index contributed by atoms with van der Waals surface area (Å²) in [5.74, 6) is 1.26. The highest BCUT2D eigenvalue weighted by atomic mass is 32.2. The van der Waals surface area contributed by atoms with Crippen LogP contribution in [0.5, 0.6) is 0 Å². The standard InChI is InChI=1S/C22H26N6O5S/c1-16(2)21-23-11-12-27(21)15-17-5-3-6-18(13-17)26-22(29)24-9-10-25-34(32,33)20-8-4-7-19(14-20)28(30)31/h3-8,11-14,16,25H,9-10,15H2,1-2H3,(H2,24,26,29). The van der Waals surface area contributed by atoms with Crippen LogP contribution in [0.15, 0.2) is 65.8 Å². The summed E-state index contributed by atoms with van der Waals surface area (Å²) in [6, 6.07) is 11.7. The van der Waals surface area contributed by atoms with E-state index >= 15 is 0 Å². The Kier molecular flexibility index (Phi) is 7.97. The zero-order valence-corrected chi connectivity index (χ0v) is 19.6. The van der Waals surface area contributed by atoms with Crippen LogP contribution in [0.1, 0.15) is 31.2 Å². The minimum absolute atomic E-state index is 0.0203. The van der Waals surface area contributed by atoms with Crippen molar-refractivity contribution >= 4 is 27.4 Å². The van der Waals surface area contributed by atoms with Gasteiger partial charge in [-0.15, -0.1) is 0 Å². The van der Waals surface area contributed by atoms with E-state index in [-0.39, 0.29) is 29.6 Å². The highest BCUT2D eigenvalue weighted by molar-refractivity contribution is 7.89. The molecule has 0 radical (unpaired) electrons. The van der Waals surface area contributed by atoms with E-state index < -0.39 is 21.0 Å². The third-order valence-electron chi connectivity index (χ3n) is 4.84. The molecule has 0 unspecified atom stereocenters. The number of carbonyl (C=O) groups excluding carboxylic acids is 1. The molecule has 11 nitrogen and oxygen atoms in total. The van der Waals surface area contributed by atoms with Crippen LogP contribution >= 0.6 is 0 Å². The normalized spacial score (nSPS) is 11.4. The van der Waals surface area contributed by atoms with Crippen molar-refractivity contribution in [3.8, 4) is 0 Å². The van der Waals surface area contributed by atoms with Gasteiger partial charge in [0.2, 0.25) is 10.0 Å². The quantitative estimate of drug-likeness (QED) is 0.228. The van der Waals surface area contributed by atoms with Crippen molar-refractivity contribution in [3.63, 3.8) is 0 Å².